The normalized spacial score (nSPS) is 30.3. The van der Waals surface area contributed by atoms with Gasteiger partial charge in [0, 0.05) is 5.41 Å². The molecule has 4 heteroatoms. The Bertz CT molecular complexity index is 155. The van der Waals surface area contributed by atoms with E-state index in [2.05, 4.69) is 4.84 Å². The summed E-state index contributed by atoms with van der Waals surface area (Å²) in [6.45, 7) is 4.12. The second-order valence-electron chi connectivity index (χ2n) is 3.11. The molecule has 0 unspecified atom stereocenters. The molecule has 0 saturated carbocycles. The van der Waals surface area contributed by atoms with Gasteiger partial charge >= 0.3 is 5.97 Å². The Morgan fingerprint density at radius 3 is 2.60 bits per heavy atom. The lowest BCUT2D eigenvalue weighted by Gasteiger charge is -2.18. The monoisotopic (exact) mass is 145 g/mol. The summed E-state index contributed by atoms with van der Waals surface area (Å²) in [6, 6.07) is 0. The molecule has 0 amide bonds. The molecule has 58 valence electrons. The van der Waals surface area contributed by atoms with Crippen molar-refractivity contribution in [3.05, 3.63) is 0 Å². The lowest BCUT2D eigenvalue weighted by Crippen LogP contribution is -2.34. The van der Waals surface area contributed by atoms with E-state index in [1.165, 1.54) is 0 Å². The highest BCUT2D eigenvalue weighted by Crippen LogP contribution is 2.29. The Balaban J connectivity index is 2.73. The summed E-state index contributed by atoms with van der Waals surface area (Å²) < 4.78 is 4.73. The predicted molar refractivity (Wildman–Crippen MR) is 33.8 cm³/mol. The van der Waals surface area contributed by atoms with Crippen molar-refractivity contribution < 1.29 is 14.4 Å². The quantitative estimate of drug-likeness (QED) is 0.411. The Kier molecular flexibility index (Phi) is 1.66. The molecule has 4 nitrogen and oxygen atoms in total. The van der Waals surface area contributed by atoms with Crippen LogP contribution in [0.3, 0.4) is 0 Å². The Hall–Kier alpha value is -0.610. The molecule has 0 bridgehead atoms. The van der Waals surface area contributed by atoms with E-state index in [1.54, 1.807) is 0 Å². The average Bonchev–Trinajstić information content (AvgIpc) is 2.07. The van der Waals surface area contributed by atoms with Gasteiger partial charge in [0.2, 0.25) is 0 Å². The maximum absolute atomic E-state index is 10.8. The van der Waals surface area contributed by atoms with Gasteiger partial charge in [-0.1, -0.05) is 13.8 Å². The van der Waals surface area contributed by atoms with Gasteiger partial charge in [-0.05, 0) is 0 Å². The van der Waals surface area contributed by atoms with Crippen molar-refractivity contribution in [2.75, 3.05) is 6.61 Å². The van der Waals surface area contributed by atoms with Crippen LogP contribution in [0.25, 0.3) is 0 Å². The molecule has 0 radical (unpaired) electrons. The zero-order valence-electron chi connectivity index (χ0n) is 6.09. The molecular weight excluding hydrogens is 134 g/mol. The Morgan fingerprint density at radius 1 is 1.80 bits per heavy atom. The number of nitrogens with two attached hydrogens (primary N) is 1. The lowest BCUT2D eigenvalue weighted by molar-refractivity contribution is -0.148. The summed E-state index contributed by atoms with van der Waals surface area (Å²) in [5, 5.41) is 0. The van der Waals surface area contributed by atoms with E-state index in [0.29, 0.717) is 6.61 Å². The fourth-order valence-corrected chi connectivity index (χ4v) is 0.967. The van der Waals surface area contributed by atoms with Gasteiger partial charge in [-0.15, -0.1) is 0 Å². The van der Waals surface area contributed by atoms with Crippen LogP contribution in [0.1, 0.15) is 13.8 Å². The number of esters is 1. The van der Waals surface area contributed by atoms with Gasteiger partial charge in [0.25, 0.3) is 0 Å². The van der Waals surface area contributed by atoms with Crippen molar-refractivity contribution >= 4 is 5.97 Å². The van der Waals surface area contributed by atoms with Gasteiger partial charge in [0.1, 0.15) is 0 Å². The largest absolute Gasteiger partial charge is 0.463 e. The molecule has 10 heavy (non-hydrogen) atoms. The van der Waals surface area contributed by atoms with Crippen molar-refractivity contribution in [3.63, 3.8) is 0 Å². The molecule has 0 spiro atoms. The standard InChI is InChI=1S/C6H11NO3/c1-6(2)3-9-5(8)4(6)10-7/h4H,3,7H2,1-2H3/t4-/m0/s1. The molecule has 0 aromatic heterocycles. The minimum Gasteiger partial charge on any atom is -0.463 e. The zero-order chi connectivity index (χ0) is 7.78. The van der Waals surface area contributed by atoms with Crippen LogP contribution >= 0.6 is 0 Å². The first-order valence-corrected chi connectivity index (χ1v) is 3.10. The summed E-state index contributed by atoms with van der Waals surface area (Å²) in [5.41, 5.74) is -0.286. The SMILES string of the molecule is CC1(C)COC(=O)[C@@H]1ON. The van der Waals surface area contributed by atoms with Gasteiger partial charge in [-0.25, -0.2) is 10.7 Å². The third-order valence-corrected chi connectivity index (χ3v) is 1.65. The van der Waals surface area contributed by atoms with Gasteiger partial charge in [-0.3, -0.25) is 4.84 Å². The Morgan fingerprint density at radius 2 is 2.40 bits per heavy atom. The first-order valence-electron chi connectivity index (χ1n) is 3.10. The fraction of sp³-hybridized carbons (Fsp3) is 0.833. The molecule has 1 rings (SSSR count). The number of hydrogen-bond acceptors (Lipinski definition) is 4. The van der Waals surface area contributed by atoms with Crippen LogP contribution in [0.4, 0.5) is 0 Å². The summed E-state index contributed by atoms with van der Waals surface area (Å²) >= 11 is 0. The maximum Gasteiger partial charge on any atom is 0.338 e. The molecule has 2 N–H and O–H groups in total. The first-order chi connectivity index (χ1) is 4.58. The summed E-state index contributed by atoms with van der Waals surface area (Å²) in [4.78, 5) is 15.3. The zero-order valence-corrected chi connectivity index (χ0v) is 6.09. The summed E-state index contributed by atoms with van der Waals surface area (Å²) in [5.74, 6) is 4.53. The van der Waals surface area contributed by atoms with Crippen molar-refractivity contribution in [1.29, 1.82) is 0 Å². The van der Waals surface area contributed by atoms with Crippen LogP contribution in [0, 0.1) is 5.41 Å². The number of carbonyl (C=O) groups excluding carboxylic acids is 1. The minimum absolute atomic E-state index is 0.286. The van der Waals surface area contributed by atoms with E-state index in [1.807, 2.05) is 13.8 Å². The minimum atomic E-state index is -0.604. The maximum atomic E-state index is 10.8. The van der Waals surface area contributed by atoms with Gasteiger partial charge in [0.05, 0.1) is 6.61 Å². The number of rotatable bonds is 1. The van der Waals surface area contributed by atoms with E-state index < -0.39 is 6.10 Å². The van der Waals surface area contributed by atoms with Gasteiger partial charge in [0.15, 0.2) is 6.10 Å². The number of hydrogen-bond donors (Lipinski definition) is 1. The van der Waals surface area contributed by atoms with Crippen LogP contribution in [0.2, 0.25) is 0 Å². The Labute approximate surface area is 59.2 Å². The van der Waals surface area contributed by atoms with E-state index in [-0.39, 0.29) is 11.4 Å². The highest BCUT2D eigenvalue weighted by molar-refractivity contribution is 5.77. The van der Waals surface area contributed by atoms with Crippen LogP contribution in [-0.4, -0.2) is 18.7 Å². The first kappa shape index (κ1) is 7.50. The van der Waals surface area contributed by atoms with Crippen LogP contribution in [-0.2, 0) is 14.4 Å². The fourth-order valence-electron chi connectivity index (χ4n) is 0.967. The highest BCUT2D eigenvalue weighted by atomic mass is 16.7. The smallest absolute Gasteiger partial charge is 0.338 e. The second kappa shape index (κ2) is 2.21. The molecule has 1 heterocycles. The van der Waals surface area contributed by atoms with E-state index in [9.17, 15) is 4.79 Å². The van der Waals surface area contributed by atoms with E-state index in [0.717, 1.165) is 0 Å². The number of carbonyl (C=O) groups is 1. The predicted octanol–water partition coefficient (Wildman–Crippen LogP) is -0.172. The van der Waals surface area contributed by atoms with Crippen molar-refractivity contribution in [2.45, 2.75) is 20.0 Å². The van der Waals surface area contributed by atoms with E-state index in [4.69, 9.17) is 10.6 Å². The van der Waals surface area contributed by atoms with Crippen molar-refractivity contribution in [3.8, 4) is 0 Å². The van der Waals surface area contributed by atoms with Crippen LogP contribution < -0.4 is 5.90 Å². The summed E-state index contributed by atoms with van der Waals surface area (Å²) in [6.07, 6.45) is -0.604. The van der Waals surface area contributed by atoms with Crippen LogP contribution in [0.15, 0.2) is 0 Å². The highest BCUT2D eigenvalue weighted by Gasteiger charge is 2.44. The molecule has 0 aromatic rings. The average molecular weight is 145 g/mol. The van der Waals surface area contributed by atoms with Crippen molar-refractivity contribution in [2.24, 2.45) is 11.3 Å². The van der Waals surface area contributed by atoms with Crippen molar-refractivity contribution in [1.82, 2.24) is 0 Å². The molecule has 1 atom stereocenters. The molecule has 0 aromatic carbocycles. The lowest BCUT2D eigenvalue weighted by atomic mass is 9.90. The molecule has 1 saturated heterocycles. The molecule has 1 aliphatic heterocycles. The summed E-state index contributed by atoms with van der Waals surface area (Å²) in [7, 11) is 0. The van der Waals surface area contributed by atoms with Crippen LogP contribution in [0.5, 0.6) is 0 Å². The third-order valence-electron chi connectivity index (χ3n) is 1.65. The molecular formula is C6H11NO3. The molecule has 0 aliphatic carbocycles. The van der Waals surface area contributed by atoms with Gasteiger partial charge < -0.3 is 4.74 Å². The number of cyclic esters (lactones) is 1. The molecule has 1 aliphatic rings. The molecule has 1 fully saturated rings. The second-order valence-corrected chi connectivity index (χ2v) is 3.11. The topological polar surface area (TPSA) is 61.5 Å². The third kappa shape index (κ3) is 0.998. The van der Waals surface area contributed by atoms with E-state index >= 15 is 0 Å². The van der Waals surface area contributed by atoms with Gasteiger partial charge in [-0.2, -0.15) is 0 Å². The number of ether oxygens (including phenoxy) is 1.